The van der Waals surface area contributed by atoms with E-state index in [0.29, 0.717) is 0 Å². The van der Waals surface area contributed by atoms with E-state index in [1.165, 1.54) is 0 Å². The number of carbonyl (C=O) groups is 2. The Morgan fingerprint density at radius 1 is 0.920 bits per heavy atom. The molecule has 4 heteroatoms. The van der Waals surface area contributed by atoms with Crippen molar-refractivity contribution in [3.63, 3.8) is 0 Å². The van der Waals surface area contributed by atoms with E-state index in [0.717, 1.165) is 34.5 Å². The van der Waals surface area contributed by atoms with E-state index < -0.39 is 5.41 Å². The summed E-state index contributed by atoms with van der Waals surface area (Å²) in [7, 11) is 0. The van der Waals surface area contributed by atoms with Crippen molar-refractivity contribution >= 4 is 23.2 Å². The molecule has 0 atom stereocenters. The molecule has 2 rings (SSSR count). The molecule has 2 amide bonds. The Balaban J connectivity index is 2.15. The third kappa shape index (κ3) is 4.27. The second-order valence-electron chi connectivity index (χ2n) is 6.86. The quantitative estimate of drug-likeness (QED) is 0.790. The molecule has 0 aliphatic rings. The first kappa shape index (κ1) is 18.7. The van der Waals surface area contributed by atoms with E-state index in [1.807, 2.05) is 63.2 Å². The first-order chi connectivity index (χ1) is 11.8. The second kappa shape index (κ2) is 7.51. The molecule has 25 heavy (non-hydrogen) atoms. The van der Waals surface area contributed by atoms with Gasteiger partial charge >= 0.3 is 0 Å². The van der Waals surface area contributed by atoms with Crippen LogP contribution in [0.4, 0.5) is 11.4 Å². The number of hydrogen-bond donors (Lipinski definition) is 2. The second-order valence-corrected chi connectivity index (χ2v) is 6.86. The van der Waals surface area contributed by atoms with Gasteiger partial charge in [0.1, 0.15) is 5.41 Å². The molecule has 4 nitrogen and oxygen atoms in total. The predicted octanol–water partition coefficient (Wildman–Crippen LogP) is 4.47. The van der Waals surface area contributed by atoms with Gasteiger partial charge in [-0.05, 0) is 57.4 Å². The Labute approximate surface area is 149 Å². The van der Waals surface area contributed by atoms with E-state index >= 15 is 0 Å². The lowest BCUT2D eigenvalue weighted by Gasteiger charge is -2.24. The van der Waals surface area contributed by atoms with Crippen molar-refractivity contribution in [1.29, 1.82) is 0 Å². The fourth-order valence-corrected chi connectivity index (χ4v) is 2.56. The highest BCUT2D eigenvalue weighted by Crippen LogP contribution is 2.25. The molecule has 0 spiro atoms. The van der Waals surface area contributed by atoms with Crippen molar-refractivity contribution in [1.82, 2.24) is 0 Å². The zero-order chi connectivity index (χ0) is 18.6. The number of carbonyl (C=O) groups excluding carboxylic acids is 2. The van der Waals surface area contributed by atoms with Crippen LogP contribution >= 0.6 is 0 Å². The normalized spacial score (nSPS) is 11.1. The van der Waals surface area contributed by atoms with Crippen LogP contribution in [-0.2, 0) is 16.0 Å². The molecule has 2 aromatic carbocycles. The van der Waals surface area contributed by atoms with E-state index in [2.05, 4.69) is 10.6 Å². The van der Waals surface area contributed by atoms with Gasteiger partial charge in [-0.3, -0.25) is 9.59 Å². The molecule has 0 aliphatic heterocycles. The van der Waals surface area contributed by atoms with Crippen LogP contribution in [0.3, 0.4) is 0 Å². The summed E-state index contributed by atoms with van der Waals surface area (Å²) >= 11 is 0. The number of aryl methyl sites for hydroxylation is 3. The molecule has 2 N–H and O–H groups in total. The average Bonchev–Trinajstić information content (AvgIpc) is 2.57. The number of amides is 2. The van der Waals surface area contributed by atoms with Crippen LogP contribution in [0.2, 0.25) is 0 Å². The van der Waals surface area contributed by atoms with Crippen molar-refractivity contribution in [2.45, 2.75) is 41.0 Å². The average molecular weight is 338 g/mol. The van der Waals surface area contributed by atoms with Crippen LogP contribution < -0.4 is 10.6 Å². The third-order valence-electron chi connectivity index (χ3n) is 4.41. The number of para-hydroxylation sites is 1. The fraction of sp³-hybridized carbons (Fsp3) is 0.333. The highest BCUT2D eigenvalue weighted by atomic mass is 16.2. The Kier molecular flexibility index (Phi) is 5.62. The van der Waals surface area contributed by atoms with Gasteiger partial charge in [0.2, 0.25) is 11.8 Å². The van der Waals surface area contributed by atoms with Gasteiger partial charge in [-0.15, -0.1) is 0 Å². The first-order valence-corrected chi connectivity index (χ1v) is 8.53. The molecule has 0 aromatic heterocycles. The Hall–Kier alpha value is -2.62. The summed E-state index contributed by atoms with van der Waals surface area (Å²) in [6, 6.07) is 13.4. The van der Waals surface area contributed by atoms with Gasteiger partial charge in [-0.25, -0.2) is 0 Å². The Morgan fingerprint density at radius 2 is 1.52 bits per heavy atom. The number of benzene rings is 2. The third-order valence-corrected chi connectivity index (χ3v) is 4.41. The smallest absolute Gasteiger partial charge is 0.239 e. The predicted molar refractivity (Wildman–Crippen MR) is 103 cm³/mol. The molecular formula is C21H26N2O2. The molecule has 0 radical (unpaired) electrons. The largest absolute Gasteiger partial charge is 0.325 e. The van der Waals surface area contributed by atoms with E-state index in [-0.39, 0.29) is 11.8 Å². The van der Waals surface area contributed by atoms with Crippen molar-refractivity contribution in [2.24, 2.45) is 5.41 Å². The standard InChI is InChI=1S/C21H26N2O2/c1-6-16-9-7-8-10-18(16)23-20(25)21(4,5)19(24)22-17-12-11-14(2)13-15(17)3/h7-13H,6H2,1-5H3,(H,22,24)(H,23,25). The van der Waals surface area contributed by atoms with E-state index in [1.54, 1.807) is 13.8 Å². The van der Waals surface area contributed by atoms with Crippen LogP contribution in [0.5, 0.6) is 0 Å². The van der Waals surface area contributed by atoms with Crippen LogP contribution in [0, 0.1) is 19.3 Å². The Bertz CT molecular complexity index is 794. The number of hydrogen-bond acceptors (Lipinski definition) is 2. The van der Waals surface area contributed by atoms with Gasteiger partial charge in [0, 0.05) is 11.4 Å². The van der Waals surface area contributed by atoms with Gasteiger partial charge < -0.3 is 10.6 Å². The van der Waals surface area contributed by atoms with Gasteiger partial charge in [0.15, 0.2) is 0 Å². The van der Waals surface area contributed by atoms with Crippen LogP contribution in [0.1, 0.15) is 37.5 Å². The molecule has 0 heterocycles. The lowest BCUT2D eigenvalue weighted by molar-refractivity contribution is -0.135. The monoisotopic (exact) mass is 338 g/mol. The van der Waals surface area contributed by atoms with Crippen molar-refractivity contribution < 1.29 is 9.59 Å². The molecule has 0 saturated heterocycles. The van der Waals surface area contributed by atoms with Crippen LogP contribution in [0.15, 0.2) is 42.5 Å². The molecule has 0 bridgehead atoms. The molecule has 132 valence electrons. The fourth-order valence-electron chi connectivity index (χ4n) is 2.56. The SMILES string of the molecule is CCc1ccccc1NC(=O)C(C)(C)C(=O)Nc1ccc(C)cc1C. The summed E-state index contributed by atoms with van der Waals surface area (Å²) in [5.41, 5.74) is 3.43. The van der Waals surface area contributed by atoms with E-state index in [4.69, 9.17) is 0 Å². The van der Waals surface area contributed by atoms with Gasteiger partial charge in [-0.1, -0.05) is 42.8 Å². The topological polar surface area (TPSA) is 58.2 Å². The molecule has 2 aromatic rings. The molecule has 0 aliphatic carbocycles. The highest BCUT2D eigenvalue weighted by Gasteiger charge is 2.36. The van der Waals surface area contributed by atoms with Gasteiger partial charge in [-0.2, -0.15) is 0 Å². The van der Waals surface area contributed by atoms with Crippen LogP contribution in [0.25, 0.3) is 0 Å². The maximum atomic E-state index is 12.7. The van der Waals surface area contributed by atoms with Crippen molar-refractivity contribution in [2.75, 3.05) is 10.6 Å². The number of rotatable bonds is 5. The van der Waals surface area contributed by atoms with Gasteiger partial charge in [0.05, 0.1) is 0 Å². The highest BCUT2D eigenvalue weighted by molar-refractivity contribution is 6.14. The minimum absolute atomic E-state index is 0.323. The summed E-state index contributed by atoms with van der Waals surface area (Å²) in [5.74, 6) is -0.651. The minimum atomic E-state index is -1.20. The molecule has 0 unspecified atom stereocenters. The van der Waals surface area contributed by atoms with Crippen molar-refractivity contribution in [3.05, 3.63) is 59.2 Å². The Morgan fingerprint density at radius 3 is 2.12 bits per heavy atom. The summed E-state index contributed by atoms with van der Waals surface area (Å²) in [5, 5.41) is 5.77. The molecular weight excluding hydrogens is 312 g/mol. The van der Waals surface area contributed by atoms with Gasteiger partial charge in [0.25, 0.3) is 0 Å². The zero-order valence-electron chi connectivity index (χ0n) is 15.6. The minimum Gasteiger partial charge on any atom is -0.325 e. The number of anilines is 2. The molecule has 0 saturated carbocycles. The number of nitrogens with one attached hydrogen (secondary N) is 2. The first-order valence-electron chi connectivity index (χ1n) is 8.53. The lowest BCUT2D eigenvalue weighted by Crippen LogP contribution is -2.41. The summed E-state index contributed by atoms with van der Waals surface area (Å²) in [6.45, 7) is 9.24. The molecule has 0 fully saturated rings. The summed E-state index contributed by atoms with van der Waals surface area (Å²) < 4.78 is 0. The van der Waals surface area contributed by atoms with E-state index in [9.17, 15) is 9.59 Å². The van der Waals surface area contributed by atoms with Crippen molar-refractivity contribution in [3.8, 4) is 0 Å². The maximum absolute atomic E-state index is 12.7. The lowest BCUT2D eigenvalue weighted by atomic mass is 9.90. The van der Waals surface area contributed by atoms with Crippen LogP contribution in [-0.4, -0.2) is 11.8 Å². The summed E-state index contributed by atoms with van der Waals surface area (Å²) in [4.78, 5) is 25.4. The maximum Gasteiger partial charge on any atom is 0.239 e. The zero-order valence-corrected chi connectivity index (χ0v) is 15.6. The summed E-state index contributed by atoms with van der Waals surface area (Å²) in [6.07, 6.45) is 0.811.